The van der Waals surface area contributed by atoms with Gasteiger partial charge in [-0.2, -0.15) is 5.26 Å². The smallest absolute Gasteiger partial charge is 0.406 e. The molecule has 0 spiro atoms. The molecule has 0 aromatic carbocycles. The van der Waals surface area contributed by atoms with E-state index < -0.39 is 6.09 Å². The molecule has 1 rings (SSSR count). The molecule has 6 heteroatoms. The predicted molar refractivity (Wildman–Crippen MR) is 79.7 cm³/mol. The number of thiophene rings is 1. The van der Waals surface area contributed by atoms with E-state index in [0.717, 1.165) is 18.0 Å². The van der Waals surface area contributed by atoms with E-state index >= 15 is 0 Å². The summed E-state index contributed by atoms with van der Waals surface area (Å²) >= 11 is 1.68. The second kappa shape index (κ2) is 8.56. The monoisotopic (exact) mass is 295 g/mol. The SMILES string of the molecule is CCN(CCNC(=O)OC)C(C)c1ccc(CC#N)s1. The number of hydrogen-bond donors (Lipinski definition) is 1. The fourth-order valence-corrected chi connectivity index (χ4v) is 3.00. The Labute approximate surface area is 124 Å². The van der Waals surface area contributed by atoms with Crippen LogP contribution in [0, 0.1) is 11.3 Å². The van der Waals surface area contributed by atoms with Crippen LogP contribution in [-0.4, -0.2) is 37.7 Å². The number of likely N-dealkylation sites (N-methyl/N-ethyl adjacent to an activating group) is 1. The molecule has 1 N–H and O–H groups in total. The predicted octanol–water partition coefficient (Wildman–Crippen LogP) is 2.55. The largest absolute Gasteiger partial charge is 0.453 e. The Hall–Kier alpha value is -1.58. The Kier molecular flexibility index (Phi) is 7.05. The van der Waals surface area contributed by atoms with Crippen molar-refractivity contribution in [2.45, 2.75) is 26.3 Å². The van der Waals surface area contributed by atoms with Crippen LogP contribution in [0.1, 0.15) is 29.6 Å². The van der Waals surface area contributed by atoms with Crippen LogP contribution in [0.15, 0.2) is 12.1 Å². The number of methoxy groups -OCH3 is 1. The summed E-state index contributed by atoms with van der Waals surface area (Å²) in [7, 11) is 1.36. The van der Waals surface area contributed by atoms with Crippen LogP contribution in [0.5, 0.6) is 0 Å². The van der Waals surface area contributed by atoms with E-state index in [-0.39, 0.29) is 6.04 Å². The topological polar surface area (TPSA) is 65.4 Å². The lowest BCUT2D eigenvalue weighted by molar-refractivity contribution is 0.166. The molecule has 0 aliphatic heterocycles. The van der Waals surface area contributed by atoms with Gasteiger partial charge in [0.25, 0.3) is 0 Å². The van der Waals surface area contributed by atoms with E-state index in [0.29, 0.717) is 13.0 Å². The molecule has 1 aromatic heterocycles. The van der Waals surface area contributed by atoms with E-state index in [4.69, 9.17) is 5.26 Å². The van der Waals surface area contributed by atoms with Crippen molar-refractivity contribution in [1.29, 1.82) is 5.26 Å². The molecule has 0 saturated heterocycles. The highest BCUT2D eigenvalue weighted by atomic mass is 32.1. The molecular weight excluding hydrogens is 274 g/mol. The van der Waals surface area contributed by atoms with Gasteiger partial charge in [0.2, 0.25) is 0 Å². The molecule has 0 aliphatic rings. The molecular formula is C14H21N3O2S. The number of carbonyl (C=O) groups excluding carboxylic acids is 1. The van der Waals surface area contributed by atoms with E-state index in [1.165, 1.54) is 12.0 Å². The lowest BCUT2D eigenvalue weighted by atomic mass is 10.2. The van der Waals surface area contributed by atoms with Gasteiger partial charge in [-0.15, -0.1) is 11.3 Å². The van der Waals surface area contributed by atoms with Gasteiger partial charge in [0.05, 0.1) is 19.6 Å². The fraction of sp³-hybridized carbons (Fsp3) is 0.571. The molecule has 0 aliphatic carbocycles. The van der Waals surface area contributed by atoms with Crippen LogP contribution in [0.2, 0.25) is 0 Å². The number of ether oxygens (including phenoxy) is 1. The first-order valence-corrected chi connectivity index (χ1v) is 7.45. The molecule has 5 nitrogen and oxygen atoms in total. The van der Waals surface area contributed by atoms with Gasteiger partial charge in [0.1, 0.15) is 0 Å². The van der Waals surface area contributed by atoms with Crippen molar-refractivity contribution in [3.63, 3.8) is 0 Å². The molecule has 0 bridgehead atoms. The Morgan fingerprint density at radius 2 is 2.35 bits per heavy atom. The van der Waals surface area contributed by atoms with Gasteiger partial charge >= 0.3 is 6.09 Å². The first-order chi connectivity index (χ1) is 9.62. The Morgan fingerprint density at radius 3 is 2.95 bits per heavy atom. The van der Waals surface area contributed by atoms with Gasteiger partial charge < -0.3 is 10.1 Å². The summed E-state index contributed by atoms with van der Waals surface area (Å²) in [4.78, 5) is 15.6. The van der Waals surface area contributed by atoms with Crippen molar-refractivity contribution >= 4 is 17.4 Å². The standard InChI is InChI=1S/C14H21N3O2S/c1-4-17(10-9-16-14(18)19-3)11(2)13-6-5-12(20-13)7-8-15/h5-6,11H,4,7,9-10H2,1-3H3,(H,16,18). The third-order valence-electron chi connectivity index (χ3n) is 3.16. The number of carbonyl (C=O) groups is 1. The van der Waals surface area contributed by atoms with Gasteiger partial charge in [-0.1, -0.05) is 6.92 Å². The minimum atomic E-state index is -0.402. The minimum Gasteiger partial charge on any atom is -0.453 e. The number of hydrogen-bond acceptors (Lipinski definition) is 5. The zero-order chi connectivity index (χ0) is 15.0. The maximum absolute atomic E-state index is 11.0. The van der Waals surface area contributed by atoms with Crippen LogP contribution in [0.4, 0.5) is 4.79 Å². The zero-order valence-corrected chi connectivity index (χ0v) is 13.0. The average Bonchev–Trinajstić information content (AvgIpc) is 2.91. The van der Waals surface area contributed by atoms with Crippen LogP contribution in [0.3, 0.4) is 0 Å². The van der Waals surface area contributed by atoms with Crippen molar-refractivity contribution < 1.29 is 9.53 Å². The summed E-state index contributed by atoms with van der Waals surface area (Å²) in [5.41, 5.74) is 0. The van der Waals surface area contributed by atoms with E-state index in [1.54, 1.807) is 11.3 Å². The summed E-state index contributed by atoms with van der Waals surface area (Å²) in [6, 6.07) is 6.54. The van der Waals surface area contributed by atoms with Crippen LogP contribution >= 0.6 is 11.3 Å². The molecule has 1 amide bonds. The lowest BCUT2D eigenvalue weighted by Gasteiger charge is -2.27. The molecule has 110 valence electrons. The number of alkyl carbamates (subject to hydrolysis) is 1. The number of nitriles is 1. The Balaban J connectivity index is 2.54. The maximum Gasteiger partial charge on any atom is 0.406 e. The molecule has 0 radical (unpaired) electrons. The highest BCUT2D eigenvalue weighted by Gasteiger charge is 2.16. The normalized spacial score (nSPS) is 11.9. The number of rotatable bonds is 7. The van der Waals surface area contributed by atoms with E-state index in [1.807, 2.05) is 6.07 Å². The summed E-state index contributed by atoms with van der Waals surface area (Å²) < 4.78 is 4.54. The lowest BCUT2D eigenvalue weighted by Crippen LogP contribution is -2.36. The summed E-state index contributed by atoms with van der Waals surface area (Å²) in [5, 5.41) is 11.4. The third kappa shape index (κ3) is 4.83. The first kappa shape index (κ1) is 16.5. The molecule has 20 heavy (non-hydrogen) atoms. The van der Waals surface area contributed by atoms with Crippen LogP contribution in [0.25, 0.3) is 0 Å². The van der Waals surface area contributed by atoms with Crippen molar-refractivity contribution in [2.24, 2.45) is 0 Å². The van der Waals surface area contributed by atoms with Gasteiger partial charge in [-0.3, -0.25) is 4.90 Å². The quantitative estimate of drug-likeness (QED) is 0.839. The number of nitrogens with zero attached hydrogens (tertiary/aromatic N) is 2. The second-order valence-electron chi connectivity index (χ2n) is 4.36. The summed E-state index contributed by atoms with van der Waals surface area (Å²) in [6.07, 6.45) is 0.0640. The fourth-order valence-electron chi connectivity index (χ4n) is 1.97. The van der Waals surface area contributed by atoms with Crippen molar-refractivity contribution in [1.82, 2.24) is 10.2 Å². The third-order valence-corrected chi connectivity index (χ3v) is 4.41. The van der Waals surface area contributed by atoms with E-state index in [9.17, 15) is 4.79 Å². The summed E-state index contributed by atoms with van der Waals surface area (Å²) in [5.74, 6) is 0. The summed E-state index contributed by atoms with van der Waals surface area (Å²) in [6.45, 7) is 6.46. The van der Waals surface area contributed by atoms with E-state index in [2.05, 4.69) is 40.9 Å². The first-order valence-electron chi connectivity index (χ1n) is 6.63. The Bertz CT molecular complexity index is 467. The molecule has 0 saturated carbocycles. The molecule has 1 aromatic rings. The molecule has 0 fully saturated rings. The zero-order valence-electron chi connectivity index (χ0n) is 12.2. The van der Waals surface area contributed by atoms with Crippen molar-refractivity contribution in [3.05, 3.63) is 21.9 Å². The molecule has 1 atom stereocenters. The van der Waals surface area contributed by atoms with Gasteiger partial charge in [-0.25, -0.2) is 4.79 Å². The Morgan fingerprint density at radius 1 is 1.60 bits per heavy atom. The van der Waals surface area contributed by atoms with Gasteiger partial charge in [-0.05, 0) is 25.6 Å². The number of amides is 1. The highest BCUT2D eigenvalue weighted by molar-refractivity contribution is 7.12. The van der Waals surface area contributed by atoms with Gasteiger partial charge in [0, 0.05) is 28.9 Å². The average molecular weight is 295 g/mol. The maximum atomic E-state index is 11.0. The van der Waals surface area contributed by atoms with Crippen molar-refractivity contribution in [2.75, 3.05) is 26.7 Å². The minimum absolute atomic E-state index is 0.275. The number of nitrogens with one attached hydrogen (secondary N) is 1. The van der Waals surface area contributed by atoms with Gasteiger partial charge in [0.15, 0.2) is 0 Å². The van der Waals surface area contributed by atoms with Crippen molar-refractivity contribution in [3.8, 4) is 6.07 Å². The van der Waals surface area contributed by atoms with Crippen LogP contribution < -0.4 is 5.32 Å². The second-order valence-corrected chi connectivity index (χ2v) is 5.56. The molecule has 1 heterocycles. The molecule has 1 unspecified atom stereocenters. The van der Waals surface area contributed by atoms with Crippen LogP contribution in [-0.2, 0) is 11.2 Å². The highest BCUT2D eigenvalue weighted by Crippen LogP contribution is 2.27.